The van der Waals surface area contributed by atoms with Gasteiger partial charge >= 0.3 is 18.0 Å². The molecule has 0 spiro atoms. The summed E-state index contributed by atoms with van der Waals surface area (Å²) in [7, 11) is 1.24. The predicted octanol–water partition coefficient (Wildman–Crippen LogP) is 0.978. The zero-order valence-electron chi connectivity index (χ0n) is 11.8. The number of carbonyl (C=O) groups excluding carboxylic acids is 2. The molecule has 1 atom stereocenters. The van der Waals surface area contributed by atoms with Crippen LogP contribution >= 0.6 is 0 Å². The lowest BCUT2D eigenvalue weighted by Gasteiger charge is -2.23. The Morgan fingerprint density at radius 2 is 1.80 bits per heavy atom. The van der Waals surface area contributed by atoms with E-state index in [9.17, 15) is 14.4 Å². The second kappa shape index (κ2) is 8.39. The van der Waals surface area contributed by atoms with Gasteiger partial charge in [-0.25, -0.2) is 9.59 Å². The number of hydrogen-bond acceptors (Lipinski definition) is 4. The van der Waals surface area contributed by atoms with Crippen LogP contribution in [-0.2, 0) is 14.3 Å². The summed E-state index contributed by atoms with van der Waals surface area (Å²) in [6.07, 6.45) is 4.05. The van der Waals surface area contributed by atoms with E-state index in [2.05, 4.69) is 10.1 Å². The van der Waals surface area contributed by atoms with Crippen LogP contribution in [0.25, 0.3) is 0 Å². The molecule has 114 valence electrons. The first-order valence-electron chi connectivity index (χ1n) is 6.89. The maximum Gasteiger partial charge on any atom is 0.326 e. The fourth-order valence-corrected chi connectivity index (χ4v) is 2.14. The Kier molecular flexibility index (Phi) is 6.83. The van der Waals surface area contributed by atoms with Gasteiger partial charge in [-0.15, -0.1) is 0 Å². The molecule has 7 nitrogen and oxygen atoms in total. The van der Waals surface area contributed by atoms with Crippen LogP contribution in [0.4, 0.5) is 4.79 Å². The van der Waals surface area contributed by atoms with Gasteiger partial charge in [0.1, 0.15) is 6.04 Å². The Hall–Kier alpha value is -1.79. The van der Waals surface area contributed by atoms with Crippen LogP contribution in [0.1, 0.15) is 38.5 Å². The van der Waals surface area contributed by atoms with Crippen LogP contribution in [0.5, 0.6) is 0 Å². The van der Waals surface area contributed by atoms with Gasteiger partial charge < -0.3 is 20.1 Å². The normalized spacial score (nSPS) is 16.9. The van der Waals surface area contributed by atoms with Gasteiger partial charge in [-0.1, -0.05) is 12.8 Å². The fourth-order valence-electron chi connectivity index (χ4n) is 2.14. The second-order valence-electron chi connectivity index (χ2n) is 4.86. The summed E-state index contributed by atoms with van der Waals surface area (Å²) >= 11 is 0. The van der Waals surface area contributed by atoms with Crippen molar-refractivity contribution in [2.75, 3.05) is 20.2 Å². The predicted molar refractivity (Wildman–Crippen MR) is 71.2 cm³/mol. The number of nitrogens with zero attached hydrogens (tertiary/aromatic N) is 1. The van der Waals surface area contributed by atoms with Gasteiger partial charge in [0.25, 0.3) is 0 Å². The minimum atomic E-state index is -1.14. The van der Waals surface area contributed by atoms with Crippen molar-refractivity contribution < 1.29 is 24.2 Å². The Balaban J connectivity index is 2.49. The van der Waals surface area contributed by atoms with E-state index < -0.39 is 18.0 Å². The summed E-state index contributed by atoms with van der Waals surface area (Å²) in [6.45, 7) is 1.30. The zero-order chi connectivity index (χ0) is 15.0. The molecule has 0 bridgehead atoms. The SMILES string of the molecule is COC(=O)CC[C@H](NC(=O)N1CCCCCC1)C(=O)O. The van der Waals surface area contributed by atoms with Crippen molar-refractivity contribution in [3.63, 3.8) is 0 Å². The number of ether oxygens (including phenoxy) is 1. The van der Waals surface area contributed by atoms with Gasteiger partial charge in [-0.3, -0.25) is 4.79 Å². The number of likely N-dealkylation sites (tertiary alicyclic amines) is 1. The average Bonchev–Trinajstić information content (AvgIpc) is 2.71. The summed E-state index contributed by atoms with van der Waals surface area (Å²) < 4.78 is 4.46. The molecule has 0 unspecified atom stereocenters. The highest BCUT2D eigenvalue weighted by molar-refractivity contribution is 5.83. The molecule has 0 aromatic heterocycles. The molecule has 0 saturated carbocycles. The highest BCUT2D eigenvalue weighted by Crippen LogP contribution is 2.10. The van der Waals surface area contributed by atoms with Crippen molar-refractivity contribution in [3.8, 4) is 0 Å². The van der Waals surface area contributed by atoms with Crippen LogP contribution in [0.2, 0.25) is 0 Å². The Morgan fingerprint density at radius 3 is 2.30 bits per heavy atom. The number of carbonyl (C=O) groups is 3. The Morgan fingerprint density at radius 1 is 1.20 bits per heavy atom. The molecule has 1 saturated heterocycles. The molecule has 20 heavy (non-hydrogen) atoms. The number of amides is 2. The molecular weight excluding hydrogens is 264 g/mol. The van der Waals surface area contributed by atoms with E-state index in [0.29, 0.717) is 13.1 Å². The summed E-state index contributed by atoms with van der Waals surface area (Å²) in [5, 5.41) is 11.5. The molecule has 0 aromatic carbocycles. The average molecular weight is 286 g/mol. The topological polar surface area (TPSA) is 95.9 Å². The van der Waals surface area contributed by atoms with E-state index in [4.69, 9.17) is 5.11 Å². The van der Waals surface area contributed by atoms with E-state index >= 15 is 0 Å². The highest BCUT2D eigenvalue weighted by atomic mass is 16.5. The minimum Gasteiger partial charge on any atom is -0.480 e. The first-order chi connectivity index (χ1) is 9.54. The van der Waals surface area contributed by atoms with E-state index in [-0.39, 0.29) is 18.9 Å². The van der Waals surface area contributed by atoms with Crippen molar-refractivity contribution in [2.45, 2.75) is 44.6 Å². The number of nitrogens with one attached hydrogen (secondary N) is 1. The quantitative estimate of drug-likeness (QED) is 0.734. The lowest BCUT2D eigenvalue weighted by Crippen LogP contribution is -2.48. The summed E-state index contributed by atoms with van der Waals surface area (Å²) in [6, 6.07) is -1.44. The van der Waals surface area contributed by atoms with E-state index in [1.165, 1.54) is 7.11 Å². The van der Waals surface area contributed by atoms with Crippen molar-refractivity contribution >= 4 is 18.0 Å². The number of hydrogen-bond donors (Lipinski definition) is 2. The van der Waals surface area contributed by atoms with Crippen molar-refractivity contribution in [1.82, 2.24) is 10.2 Å². The molecule has 1 rings (SSSR count). The molecule has 0 aliphatic carbocycles. The number of carboxylic acids is 1. The number of urea groups is 1. The van der Waals surface area contributed by atoms with Gasteiger partial charge in [0, 0.05) is 19.5 Å². The van der Waals surface area contributed by atoms with Crippen LogP contribution in [0, 0.1) is 0 Å². The summed E-state index contributed by atoms with van der Waals surface area (Å²) in [4.78, 5) is 35.8. The van der Waals surface area contributed by atoms with Gasteiger partial charge in [0.05, 0.1) is 7.11 Å². The molecule has 1 aliphatic rings. The maximum atomic E-state index is 12.0. The van der Waals surface area contributed by atoms with Crippen LogP contribution in [-0.4, -0.2) is 54.2 Å². The fraction of sp³-hybridized carbons (Fsp3) is 0.769. The van der Waals surface area contributed by atoms with Crippen LogP contribution < -0.4 is 5.32 Å². The number of rotatable bonds is 5. The number of esters is 1. The molecule has 1 fully saturated rings. The molecule has 7 heteroatoms. The lowest BCUT2D eigenvalue weighted by atomic mass is 10.1. The standard InChI is InChI=1S/C13H22N2O5/c1-20-11(16)7-6-10(12(17)18)14-13(19)15-8-4-2-3-5-9-15/h10H,2-9H2,1H3,(H,14,19)(H,17,18)/t10-/m0/s1. The molecule has 0 aromatic rings. The van der Waals surface area contributed by atoms with Gasteiger partial charge in [0.2, 0.25) is 0 Å². The lowest BCUT2D eigenvalue weighted by molar-refractivity contribution is -0.142. The summed E-state index contributed by atoms with van der Waals surface area (Å²) in [5.74, 6) is -1.63. The van der Waals surface area contributed by atoms with Crippen LogP contribution in [0.3, 0.4) is 0 Å². The third-order valence-corrected chi connectivity index (χ3v) is 3.35. The number of methoxy groups -OCH3 is 1. The molecular formula is C13H22N2O5. The molecule has 1 heterocycles. The van der Waals surface area contributed by atoms with Gasteiger partial charge in [-0.05, 0) is 19.3 Å². The van der Waals surface area contributed by atoms with Gasteiger partial charge in [0.15, 0.2) is 0 Å². The Bertz CT molecular complexity index is 351. The smallest absolute Gasteiger partial charge is 0.326 e. The first kappa shape index (κ1) is 16.3. The monoisotopic (exact) mass is 286 g/mol. The maximum absolute atomic E-state index is 12.0. The zero-order valence-corrected chi connectivity index (χ0v) is 11.8. The van der Waals surface area contributed by atoms with Crippen molar-refractivity contribution in [3.05, 3.63) is 0 Å². The minimum absolute atomic E-state index is 0.0294. The second-order valence-corrected chi connectivity index (χ2v) is 4.86. The summed E-state index contributed by atoms with van der Waals surface area (Å²) in [5.41, 5.74) is 0. The van der Waals surface area contributed by atoms with E-state index in [0.717, 1.165) is 25.7 Å². The highest BCUT2D eigenvalue weighted by Gasteiger charge is 2.24. The third kappa shape index (κ3) is 5.46. The Labute approximate surface area is 118 Å². The molecule has 2 amide bonds. The number of aliphatic carboxylic acids is 1. The first-order valence-corrected chi connectivity index (χ1v) is 6.89. The van der Waals surface area contributed by atoms with E-state index in [1.54, 1.807) is 4.90 Å². The number of carboxylic acid groups (broad SMARTS) is 1. The van der Waals surface area contributed by atoms with Gasteiger partial charge in [-0.2, -0.15) is 0 Å². The molecule has 2 N–H and O–H groups in total. The molecule has 1 aliphatic heterocycles. The van der Waals surface area contributed by atoms with Crippen molar-refractivity contribution in [1.29, 1.82) is 0 Å². The third-order valence-electron chi connectivity index (χ3n) is 3.35. The van der Waals surface area contributed by atoms with E-state index in [1.807, 2.05) is 0 Å². The van der Waals surface area contributed by atoms with Crippen molar-refractivity contribution in [2.24, 2.45) is 0 Å². The largest absolute Gasteiger partial charge is 0.480 e. The van der Waals surface area contributed by atoms with Crippen LogP contribution in [0.15, 0.2) is 0 Å². The molecule has 0 radical (unpaired) electrons.